The second-order valence-corrected chi connectivity index (χ2v) is 7.29. The molecule has 146 valence electrons. The molecule has 0 bridgehead atoms. The van der Waals surface area contributed by atoms with Crippen LogP contribution in [0.25, 0.3) is 0 Å². The van der Waals surface area contributed by atoms with Crippen molar-refractivity contribution in [3.05, 3.63) is 89.7 Å². The highest BCUT2D eigenvalue weighted by molar-refractivity contribution is 5.35. The second-order valence-electron chi connectivity index (χ2n) is 7.29. The normalized spacial score (nSPS) is 11.3. The molecule has 3 rings (SSSR count). The summed E-state index contributed by atoms with van der Waals surface area (Å²) in [5.41, 5.74) is 1.87. The first-order valence-corrected chi connectivity index (χ1v) is 9.21. The Balaban J connectivity index is 1.61. The second kappa shape index (κ2) is 8.89. The van der Waals surface area contributed by atoms with E-state index in [4.69, 9.17) is 14.2 Å². The summed E-state index contributed by atoms with van der Waals surface area (Å²) in [5, 5.41) is 0. The van der Waals surface area contributed by atoms with E-state index in [2.05, 4.69) is 13.8 Å². The van der Waals surface area contributed by atoms with Gasteiger partial charge in [-0.25, -0.2) is 4.39 Å². The molecule has 0 fully saturated rings. The lowest BCUT2D eigenvalue weighted by atomic mass is 9.85. The maximum absolute atomic E-state index is 14.1. The van der Waals surface area contributed by atoms with Gasteiger partial charge in [-0.2, -0.15) is 0 Å². The highest BCUT2D eigenvalue weighted by Crippen LogP contribution is 2.28. The predicted molar refractivity (Wildman–Crippen MR) is 109 cm³/mol. The lowest BCUT2D eigenvalue weighted by molar-refractivity contribution is 0.0823. The fourth-order valence-electron chi connectivity index (χ4n) is 2.88. The molecular formula is C24H25FO3. The van der Waals surface area contributed by atoms with E-state index < -0.39 is 5.82 Å². The number of rotatable bonds is 8. The molecule has 0 spiro atoms. The summed E-state index contributed by atoms with van der Waals surface area (Å²) in [6.07, 6.45) is 0. The van der Waals surface area contributed by atoms with Gasteiger partial charge in [-0.3, -0.25) is 0 Å². The van der Waals surface area contributed by atoms with Gasteiger partial charge in [0, 0.05) is 5.41 Å². The Bertz CT molecular complexity index is 889. The van der Waals surface area contributed by atoms with Crippen LogP contribution in [-0.2, 0) is 16.8 Å². The molecule has 0 amide bonds. The van der Waals surface area contributed by atoms with Crippen LogP contribution < -0.4 is 9.47 Å². The Labute approximate surface area is 165 Å². The van der Waals surface area contributed by atoms with Gasteiger partial charge in [-0.05, 0) is 47.5 Å². The molecule has 0 aliphatic carbocycles. The van der Waals surface area contributed by atoms with Crippen LogP contribution in [0.4, 0.5) is 4.39 Å². The molecule has 0 aliphatic heterocycles. The topological polar surface area (TPSA) is 27.7 Å². The summed E-state index contributed by atoms with van der Waals surface area (Å²) in [5.74, 6) is 1.23. The molecule has 3 aromatic carbocycles. The molecule has 0 saturated heterocycles. The van der Waals surface area contributed by atoms with E-state index in [9.17, 15) is 4.39 Å². The standard InChI is InChI=1S/C24H25FO3/c1-24(2,19-10-12-20(26-3)13-11-19)17-27-16-18-9-14-22(25)23(15-18)28-21-7-5-4-6-8-21/h4-15H,16-17H2,1-3H3. The molecule has 0 heterocycles. The lowest BCUT2D eigenvalue weighted by Crippen LogP contribution is -2.24. The SMILES string of the molecule is COc1ccc(C(C)(C)COCc2ccc(F)c(Oc3ccccc3)c2)cc1. The van der Waals surface area contributed by atoms with Crippen molar-refractivity contribution in [2.45, 2.75) is 25.9 Å². The fourth-order valence-corrected chi connectivity index (χ4v) is 2.88. The Kier molecular flexibility index (Phi) is 6.32. The summed E-state index contributed by atoms with van der Waals surface area (Å²) >= 11 is 0. The van der Waals surface area contributed by atoms with Crippen molar-refractivity contribution in [2.75, 3.05) is 13.7 Å². The van der Waals surface area contributed by atoms with Crippen molar-refractivity contribution in [1.29, 1.82) is 0 Å². The Morgan fingerprint density at radius 2 is 1.57 bits per heavy atom. The van der Waals surface area contributed by atoms with E-state index in [1.807, 2.05) is 42.5 Å². The zero-order valence-electron chi connectivity index (χ0n) is 16.4. The number of hydrogen-bond acceptors (Lipinski definition) is 3. The fraction of sp³-hybridized carbons (Fsp3) is 0.250. The van der Waals surface area contributed by atoms with Crippen molar-refractivity contribution in [3.63, 3.8) is 0 Å². The van der Waals surface area contributed by atoms with Gasteiger partial charge < -0.3 is 14.2 Å². The predicted octanol–water partition coefficient (Wildman–Crippen LogP) is 6.12. The minimum atomic E-state index is -0.397. The van der Waals surface area contributed by atoms with Crippen molar-refractivity contribution in [3.8, 4) is 17.2 Å². The minimum Gasteiger partial charge on any atom is -0.497 e. The largest absolute Gasteiger partial charge is 0.497 e. The van der Waals surface area contributed by atoms with Crippen LogP contribution in [0.1, 0.15) is 25.0 Å². The number of para-hydroxylation sites is 1. The van der Waals surface area contributed by atoms with Gasteiger partial charge in [0.25, 0.3) is 0 Å². The van der Waals surface area contributed by atoms with Crippen LogP contribution in [0.5, 0.6) is 17.2 Å². The van der Waals surface area contributed by atoms with E-state index in [-0.39, 0.29) is 11.2 Å². The number of hydrogen-bond donors (Lipinski definition) is 0. The summed E-state index contributed by atoms with van der Waals surface area (Å²) in [6, 6.07) is 22.0. The van der Waals surface area contributed by atoms with Crippen LogP contribution in [0.15, 0.2) is 72.8 Å². The molecule has 3 aromatic rings. The average Bonchev–Trinajstić information content (AvgIpc) is 2.71. The zero-order chi connectivity index (χ0) is 20.0. The van der Waals surface area contributed by atoms with Gasteiger partial charge >= 0.3 is 0 Å². The maximum atomic E-state index is 14.1. The van der Waals surface area contributed by atoms with Gasteiger partial charge in [0.15, 0.2) is 11.6 Å². The number of benzene rings is 3. The first kappa shape index (κ1) is 19.9. The van der Waals surface area contributed by atoms with Crippen LogP contribution in [0.2, 0.25) is 0 Å². The minimum absolute atomic E-state index is 0.157. The van der Waals surface area contributed by atoms with Gasteiger partial charge in [-0.15, -0.1) is 0 Å². The average molecular weight is 380 g/mol. The summed E-state index contributed by atoms with van der Waals surface area (Å²) in [7, 11) is 1.65. The number of ether oxygens (including phenoxy) is 3. The maximum Gasteiger partial charge on any atom is 0.165 e. The Morgan fingerprint density at radius 3 is 2.25 bits per heavy atom. The zero-order valence-corrected chi connectivity index (χ0v) is 16.4. The van der Waals surface area contributed by atoms with E-state index >= 15 is 0 Å². The highest BCUT2D eigenvalue weighted by Gasteiger charge is 2.21. The molecule has 28 heavy (non-hydrogen) atoms. The van der Waals surface area contributed by atoms with Crippen molar-refractivity contribution in [2.24, 2.45) is 0 Å². The summed E-state index contributed by atoms with van der Waals surface area (Å²) in [6.45, 7) is 5.17. The first-order chi connectivity index (χ1) is 13.5. The molecule has 0 aromatic heterocycles. The quantitative estimate of drug-likeness (QED) is 0.471. The van der Waals surface area contributed by atoms with Crippen molar-refractivity contribution < 1.29 is 18.6 Å². The number of halogens is 1. The van der Waals surface area contributed by atoms with Crippen LogP contribution >= 0.6 is 0 Å². The van der Waals surface area contributed by atoms with Gasteiger partial charge in [0.05, 0.1) is 20.3 Å². The smallest absolute Gasteiger partial charge is 0.165 e. The molecule has 0 aliphatic rings. The van der Waals surface area contributed by atoms with E-state index in [0.717, 1.165) is 11.3 Å². The monoisotopic (exact) mass is 380 g/mol. The molecule has 3 nitrogen and oxygen atoms in total. The Morgan fingerprint density at radius 1 is 0.857 bits per heavy atom. The van der Waals surface area contributed by atoms with Crippen LogP contribution in [0.3, 0.4) is 0 Å². The van der Waals surface area contributed by atoms with Crippen LogP contribution in [0, 0.1) is 5.82 Å². The third kappa shape index (κ3) is 5.11. The summed E-state index contributed by atoms with van der Waals surface area (Å²) in [4.78, 5) is 0. The highest BCUT2D eigenvalue weighted by atomic mass is 19.1. The van der Waals surface area contributed by atoms with E-state index in [0.29, 0.717) is 19.0 Å². The van der Waals surface area contributed by atoms with Crippen molar-refractivity contribution in [1.82, 2.24) is 0 Å². The number of methoxy groups -OCH3 is 1. The molecule has 4 heteroatoms. The summed E-state index contributed by atoms with van der Waals surface area (Å²) < 4.78 is 30.9. The molecule has 0 unspecified atom stereocenters. The third-order valence-corrected chi connectivity index (χ3v) is 4.57. The third-order valence-electron chi connectivity index (χ3n) is 4.57. The first-order valence-electron chi connectivity index (χ1n) is 9.21. The molecule has 0 atom stereocenters. The molecular weight excluding hydrogens is 355 g/mol. The molecule has 0 radical (unpaired) electrons. The molecule has 0 N–H and O–H groups in total. The van der Waals surface area contributed by atoms with Gasteiger partial charge in [-0.1, -0.05) is 50.2 Å². The van der Waals surface area contributed by atoms with Crippen LogP contribution in [-0.4, -0.2) is 13.7 Å². The van der Waals surface area contributed by atoms with Crippen molar-refractivity contribution >= 4 is 0 Å². The Hall–Kier alpha value is -2.85. The van der Waals surface area contributed by atoms with E-state index in [1.54, 1.807) is 31.4 Å². The lowest BCUT2D eigenvalue weighted by Gasteiger charge is -2.25. The van der Waals surface area contributed by atoms with Gasteiger partial charge in [0.1, 0.15) is 11.5 Å². The van der Waals surface area contributed by atoms with E-state index in [1.165, 1.54) is 11.6 Å². The van der Waals surface area contributed by atoms with Gasteiger partial charge in [0.2, 0.25) is 0 Å². The molecule has 0 saturated carbocycles.